The van der Waals surface area contributed by atoms with Crippen LogP contribution in [0.4, 0.5) is 0 Å². The zero-order chi connectivity index (χ0) is 10.6. The zero-order valence-electron chi connectivity index (χ0n) is 9.52. The fourth-order valence-corrected chi connectivity index (χ4v) is 1.19. The van der Waals surface area contributed by atoms with E-state index in [4.69, 9.17) is 0 Å². The molecule has 0 atom stereocenters. The van der Waals surface area contributed by atoms with Gasteiger partial charge < -0.3 is 10.6 Å². The minimum absolute atomic E-state index is 0.126. The lowest BCUT2D eigenvalue weighted by Crippen LogP contribution is -2.38. The van der Waals surface area contributed by atoms with Crippen LogP contribution >= 0.6 is 0 Å². The molecule has 1 amide bonds. The largest absolute Gasteiger partial charge is 0.355 e. The van der Waals surface area contributed by atoms with E-state index in [2.05, 4.69) is 31.4 Å². The van der Waals surface area contributed by atoms with Gasteiger partial charge in [0.1, 0.15) is 0 Å². The maximum absolute atomic E-state index is 11.3. The van der Waals surface area contributed by atoms with Gasteiger partial charge >= 0.3 is 0 Å². The smallest absolute Gasteiger partial charge is 0.233 e. The first-order chi connectivity index (χ1) is 6.47. The summed E-state index contributed by atoms with van der Waals surface area (Å²) in [4.78, 5) is 11.3. The van der Waals surface area contributed by atoms with Gasteiger partial charge in [0.05, 0.1) is 6.54 Å². The highest BCUT2D eigenvalue weighted by molar-refractivity contribution is 5.77. The van der Waals surface area contributed by atoms with Gasteiger partial charge in [-0.1, -0.05) is 20.8 Å². The van der Waals surface area contributed by atoms with Gasteiger partial charge in [-0.2, -0.15) is 0 Å². The van der Waals surface area contributed by atoms with E-state index >= 15 is 0 Å². The van der Waals surface area contributed by atoms with Gasteiger partial charge in [-0.25, -0.2) is 0 Å². The van der Waals surface area contributed by atoms with Crippen molar-refractivity contribution in [3.63, 3.8) is 0 Å². The van der Waals surface area contributed by atoms with Gasteiger partial charge in [-0.15, -0.1) is 0 Å². The lowest BCUT2D eigenvalue weighted by atomic mass is 9.97. The summed E-state index contributed by atoms with van der Waals surface area (Å²) in [6, 6.07) is 0. The van der Waals surface area contributed by atoms with Crippen molar-refractivity contribution >= 4 is 5.91 Å². The van der Waals surface area contributed by atoms with Crippen LogP contribution in [0.1, 0.15) is 33.6 Å². The third kappa shape index (κ3) is 5.97. The molecule has 2 N–H and O–H groups in total. The summed E-state index contributed by atoms with van der Waals surface area (Å²) >= 11 is 0. The Bertz CT molecular complexity index is 192. The average Bonchev–Trinajstić information content (AvgIpc) is 2.81. The van der Waals surface area contributed by atoms with Crippen LogP contribution < -0.4 is 10.6 Å². The number of hydrogen-bond donors (Lipinski definition) is 2. The lowest BCUT2D eigenvalue weighted by molar-refractivity contribution is -0.120. The molecule has 0 spiro atoms. The molecule has 0 bridgehead atoms. The highest BCUT2D eigenvalue weighted by Gasteiger charge is 2.21. The van der Waals surface area contributed by atoms with Crippen LogP contribution in [0.15, 0.2) is 0 Å². The van der Waals surface area contributed by atoms with Gasteiger partial charge in [-0.05, 0) is 24.2 Å². The molecule has 0 unspecified atom stereocenters. The van der Waals surface area contributed by atoms with Gasteiger partial charge in [0.2, 0.25) is 5.91 Å². The van der Waals surface area contributed by atoms with Crippen LogP contribution in [0, 0.1) is 11.3 Å². The Balaban J connectivity index is 1.96. The molecule has 0 heterocycles. The molecule has 0 aromatic heterocycles. The monoisotopic (exact) mass is 198 g/mol. The van der Waals surface area contributed by atoms with Crippen molar-refractivity contribution in [1.29, 1.82) is 0 Å². The fraction of sp³-hybridized carbons (Fsp3) is 0.909. The third-order valence-corrected chi connectivity index (χ3v) is 2.23. The van der Waals surface area contributed by atoms with Crippen LogP contribution in [0.3, 0.4) is 0 Å². The molecule has 0 radical (unpaired) electrons. The molecule has 0 aromatic rings. The Morgan fingerprint density at radius 1 is 1.36 bits per heavy atom. The van der Waals surface area contributed by atoms with Crippen LogP contribution in [-0.2, 0) is 4.79 Å². The predicted molar refractivity (Wildman–Crippen MR) is 58.1 cm³/mol. The minimum Gasteiger partial charge on any atom is -0.355 e. The number of nitrogens with one attached hydrogen (secondary N) is 2. The highest BCUT2D eigenvalue weighted by Crippen LogP contribution is 2.27. The van der Waals surface area contributed by atoms with Crippen molar-refractivity contribution in [1.82, 2.24) is 10.6 Å². The van der Waals surface area contributed by atoms with Gasteiger partial charge in [-0.3, -0.25) is 4.79 Å². The Kier molecular flexibility index (Phi) is 3.93. The molecular weight excluding hydrogens is 176 g/mol. The summed E-state index contributed by atoms with van der Waals surface area (Å²) in [5.41, 5.74) is 0.247. The minimum atomic E-state index is 0.126. The lowest BCUT2D eigenvalue weighted by Gasteiger charge is -2.18. The Morgan fingerprint density at radius 2 is 2.00 bits per heavy atom. The predicted octanol–water partition coefficient (Wildman–Crippen LogP) is 1.15. The van der Waals surface area contributed by atoms with Crippen LogP contribution in [0.5, 0.6) is 0 Å². The molecule has 0 aliphatic heterocycles. The van der Waals surface area contributed by atoms with Gasteiger partial charge in [0.25, 0.3) is 0 Å². The topological polar surface area (TPSA) is 41.1 Å². The van der Waals surface area contributed by atoms with Gasteiger partial charge in [0, 0.05) is 13.1 Å². The zero-order valence-corrected chi connectivity index (χ0v) is 9.52. The number of amides is 1. The molecule has 1 fully saturated rings. The summed E-state index contributed by atoms with van der Waals surface area (Å²) < 4.78 is 0. The van der Waals surface area contributed by atoms with E-state index in [1.54, 1.807) is 0 Å². The second-order valence-corrected chi connectivity index (χ2v) is 5.41. The molecule has 0 aromatic carbocycles. The summed E-state index contributed by atoms with van der Waals surface area (Å²) in [7, 11) is 0. The average molecular weight is 198 g/mol. The molecule has 82 valence electrons. The maximum Gasteiger partial charge on any atom is 0.233 e. The number of hydrogen-bond acceptors (Lipinski definition) is 2. The first-order valence-corrected chi connectivity index (χ1v) is 5.45. The van der Waals surface area contributed by atoms with Crippen molar-refractivity contribution in [2.45, 2.75) is 33.6 Å². The molecule has 1 aliphatic rings. The quantitative estimate of drug-likeness (QED) is 0.696. The third-order valence-electron chi connectivity index (χ3n) is 2.23. The van der Waals surface area contributed by atoms with E-state index < -0.39 is 0 Å². The normalized spacial score (nSPS) is 16.8. The SMILES string of the molecule is CC(C)(C)CNCC(=O)NCC1CC1. The van der Waals surface area contributed by atoms with E-state index in [1.165, 1.54) is 12.8 Å². The van der Waals surface area contributed by atoms with Crippen molar-refractivity contribution in [2.24, 2.45) is 11.3 Å². The van der Waals surface area contributed by atoms with E-state index in [1.807, 2.05) is 0 Å². The Labute approximate surface area is 86.6 Å². The second kappa shape index (κ2) is 4.78. The number of carbonyl (C=O) groups excluding carboxylic acids is 1. The molecule has 1 aliphatic carbocycles. The summed E-state index contributed by atoms with van der Waals surface area (Å²) in [5, 5.41) is 6.09. The summed E-state index contributed by atoms with van der Waals surface area (Å²) in [6.45, 7) is 8.66. The number of rotatable bonds is 5. The van der Waals surface area contributed by atoms with E-state index in [0.717, 1.165) is 19.0 Å². The van der Waals surface area contributed by atoms with Crippen molar-refractivity contribution < 1.29 is 4.79 Å². The first-order valence-electron chi connectivity index (χ1n) is 5.45. The standard InChI is InChI=1S/C11H22N2O/c1-11(2,3)8-12-7-10(14)13-6-9-4-5-9/h9,12H,4-8H2,1-3H3,(H,13,14). The molecule has 3 heteroatoms. The fourth-order valence-electron chi connectivity index (χ4n) is 1.19. The van der Waals surface area contributed by atoms with E-state index in [-0.39, 0.29) is 11.3 Å². The second-order valence-electron chi connectivity index (χ2n) is 5.41. The van der Waals surface area contributed by atoms with Crippen LogP contribution in [-0.4, -0.2) is 25.5 Å². The Hall–Kier alpha value is -0.570. The van der Waals surface area contributed by atoms with Crippen molar-refractivity contribution in [2.75, 3.05) is 19.6 Å². The Morgan fingerprint density at radius 3 is 2.50 bits per heavy atom. The summed E-state index contributed by atoms with van der Waals surface area (Å²) in [5.74, 6) is 0.891. The van der Waals surface area contributed by atoms with Crippen LogP contribution in [0.2, 0.25) is 0 Å². The van der Waals surface area contributed by atoms with E-state index in [0.29, 0.717) is 6.54 Å². The maximum atomic E-state index is 11.3. The van der Waals surface area contributed by atoms with Gasteiger partial charge in [0.15, 0.2) is 0 Å². The van der Waals surface area contributed by atoms with Crippen LogP contribution in [0.25, 0.3) is 0 Å². The molecule has 3 nitrogen and oxygen atoms in total. The molecule has 1 rings (SSSR count). The molecule has 14 heavy (non-hydrogen) atoms. The molecule has 0 saturated heterocycles. The van der Waals surface area contributed by atoms with E-state index in [9.17, 15) is 4.79 Å². The van der Waals surface area contributed by atoms with Crippen molar-refractivity contribution in [3.8, 4) is 0 Å². The molecule has 1 saturated carbocycles. The van der Waals surface area contributed by atoms with Crippen molar-refractivity contribution in [3.05, 3.63) is 0 Å². The highest BCUT2D eigenvalue weighted by atomic mass is 16.1. The first kappa shape index (κ1) is 11.5. The summed E-state index contributed by atoms with van der Waals surface area (Å²) in [6.07, 6.45) is 2.57. The number of carbonyl (C=O) groups is 1. The molecular formula is C11H22N2O.